The van der Waals surface area contributed by atoms with Crippen molar-refractivity contribution >= 4 is 22.4 Å². The van der Waals surface area contributed by atoms with Gasteiger partial charge in [-0.1, -0.05) is 0 Å². The Hall–Kier alpha value is -1.15. The molecule has 0 atom stereocenters. The Morgan fingerprint density at radius 3 is 2.87 bits per heavy atom. The van der Waals surface area contributed by atoms with Crippen LogP contribution in [-0.2, 0) is 11.2 Å². The number of rotatable bonds is 1. The number of allylic oxidation sites excluding steroid dienone is 2. The molecule has 0 heterocycles. The topological polar surface area (TPSA) is 17.1 Å². The Labute approximate surface area is 92.6 Å². The summed E-state index contributed by atoms with van der Waals surface area (Å²) in [6, 6.07) is 2.99. The second kappa shape index (κ2) is 3.78. The van der Waals surface area contributed by atoms with E-state index in [9.17, 15) is 9.18 Å². The average Bonchev–Trinajstić information content (AvgIpc) is 2.48. The molecule has 0 fully saturated rings. The molecule has 1 nitrogen and oxygen atoms in total. The Kier molecular flexibility index (Phi) is 2.61. The predicted molar refractivity (Wildman–Crippen MR) is 58.3 cm³/mol. The Morgan fingerprint density at radius 1 is 1.47 bits per heavy atom. The molecule has 1 aliphatic carbocycles. The van der Waals surface area contributed by atoms with Crippen molar-refractivity contribution in [2.75, 3.05) is 0 Å². The first-order chi connectivity index (χ1) is 7.08. The number of halogens is 2. The largest absolute Gasteiger partial charge is 0.276 e. The zero-order chi connectivity index (χ0) is 11.0. The van der Waals surface area contributed by atoms with E-state index in [1.54, 1.807) is 0 Å². The van der Waals surface area contributed by atoms with Crippen molar-refractivity contribution in [3.63, 3.8) is 0 Å². The lowest BCUT2D eigenvalue weighted by Crippen LogP contribution is -1.90. The molecule has 0 radical (unpaired) electrons. The molecule has 0 amide bonds. The number of hydrogen-bond acceptors (Lipinski definition) is 1. The lowest BCUT2D eigenvalue weighted by atomic mass is 10.0. The van der Waals surface area contributed by atoms with E-state index in [0.717, 1.165) is 35.1 Å². The van der Waals surface area contributed by atoms with Gasteiger partial charge in [-0.15, -0.1) is 0 Å². The summed E-state index contributed by atoms with van der Waals surface area (Å²) in [5.41, 5.74) is 3.74. The van der Waals surface area contributed by atoms with Crippen molar-refractivity contribution in [3.8, 4) is 0 Å². The van der Waals surface area contributed by atoms with Gasteiger partial charge in [-0.3, -0.25) is 4.79 Å². The van der Waals surface area contributed by atoms with Crippen LogP contribution in [0.4, 0.5) is 4.39 Å². The van der Waals surface area contributed by atoms with E-state index >= 15 is 0 Å². The van der Waals surface area contributed by atoms with Crippen LogP contribution in [0.3, 0.4) is 0 Å². The first kappa shape index (κ1) is 10.4. The number of fused-ring (bicyclic) bond motifs is 1. The molecule has 2 rings (SSSR count). The molecule has 0 unspecified atom stereocenters. The minimum atomic E-state index is -0.500. The summed E-state index contributed by atoms with van der Waals surface area (Å²) in [5, 5.41) is -0.500. The minimum Gasteiger partial charge on any atom is -0.276 e. The van der Waals surface area contributed by atoms with Gasteiger partial charge in [0.1, 0.15) is 5.82 Å². The maximum absolute atomic E-state index is 13.2. The molecule has 1 aromatic rings. The van der Waals surface area contributed by atoms with Gasteiger partial charge >= 0.3 is 0 Å². The molecule has 0 spiro atoms. The summed E-state index contributed by atoms with van der Waals surface area (Å²) in [4.78, 5) is 10.8. The normalized spacial score (nSPS) is 16.9. The quantitative estimate of drug-likeness (QED) is 0.529. The summed E-state index contributed by atoms with van der Waals surface area (Å²) in [6.45, 7) is 1.88. The van der Waals surface area contributed by atoms with Gasteiger partial charge in [-0.25, -0.2) is 4.39 Å². The third-order valence-corrected chi connectivity index (χ3v) is 2.82. The summed E-state index contributed by atoms with van der Waals surface area (Å²) in [5.74, 6) is -0.263. The summed E-state index contributed by atoms with van der Waals surface area (Å²) < 4.78 is 13.2. The van der Waals surface area contributed by atoms with Crippen LogP contribution >= 0.6 is 11.6 Å². The Balaban J connectivity index is 2.55. The number of aryl methyl sites for hydroxylation is 1. The predicted octanol–water partition coefficient (Wildman–Crippen LogP) is 3.23. The highest BCUT2D eigenvalue weighted by molar-refractivity contribution is 6.67. The number of carbonyl (C=O) groups excluding carboxylic acids is 1. The van der Waals surface area contributed by atoms with E-state index < -0.39 is 5.24 Å². The number of carbonyl (C=O) groups is 1. The van der Waals surface area contributed by atoms with Crippen LogP contribution in [0.15, 0.2) is 18.2 Å². The molecule has 1 aromatic carbocycles. The molecule has 0 N–H and O–H groups in total. The maximum atomic E-state index is 13.2. The summed E-state index contributed by atoms with van der Waals surface area (Å²) in [7, 11) is 0. The van der Waals surface area contributed by atoms with Crippen LogP contribution in [0, 0.1) is 12.7 Å². The standard InChI is InChI=1S/C12H10ClFO/c1-7-4-9(14)6-11-8(5-12(13)15)2-3-10(7)11/h4-6H,2-3H2,1H3. The van der Waals surface area contributed by atoms with Gasteiger partial charge in [0.15, 0.2) is 0 Å². The lowest BCUT2D eigenvalue weighted by Gasteiger charge is -2.04. The van der Waals surface area contributed by atoms with E-state index in [-0.39, 0.29) is 5.82 Å². The van der Waals surface area contributed by atoms with Crippen molar-refractivity contribution in [1.82, 2.24) is 0 Å². The molecule has 1 aliphatic rings. The fourth-order valence-corrected chi connectivity index (χ4v) is 2.20. The second-order valence-corrected chi connectivity index (χ2v) is 4.10. The van der Waals surface area contributed by atoms with Gasteiger partial charge in [-0.2, -0.15) is 0 Å². The highest BCUT2D eigenvalue weighted by Crippen LogP contribution is 2.34. The number of hydrogen-bond donors (Lipinski definition) is 0. The fourth-order valence-electron chi connectivity index (χ4n) is 2.07. The van der Waals surface area contributed by atoms with E-state index in [1.165, 1.54) is 18.2 Å². The molecule has 0 bridgehead atoms. The monoisotopic (exact) mass is 224 g/mol. The van der Waals surface area contributed by atoms with Crippen molar-refractivity contribution in [1.29, 1.82) is 0 Å². The van der Waals surface area contributed by atoms with Crippen LogP contribution in [0.2, 0.25) is 0 Å². The second-order valence-electron chi connectivity index (χ2n) is 3.72. The van der Waals surface area contributed by atoms with E-state index in [1.807, 2.05) is 6.92 Å². The highest BCUT2D eigenvalue weighted by Gasteiger charge is 2.19. The van der Waals surface area contributed by atoms with Gasteiger partial charge in [-0.05, 0) is 65.8 Å². The van der Waals surface area contributed by atoms with Crippen molar-refractivity contribution in [2.24, 2.45) is 0 Å². The van der Waals surface area contributed by atoms with Crippen LogP contribution in [-0.4, -0.2) is 5.24 Å². The van der Waals surface area contributed by atoms with Gasteiger partial charge in [0.05, 0.1) is 0 Å². The van der Waals surface area contributed by atoms with Gasteiger partial charge in [0, 0.05) is 6.08 Å². The molecule has 15 heavy (non-hydrogen) atoms. The average molecular weight is 225 g/mol. The zero-order valence-corrected chi connectivity index (χ0v) is 9.07. The Bertz CT molecular complexity index is 463. The molecular formula is C12H10ClFO. The van der Waals surface area contributed by atoms with E-state index in [4.69, 9.17) is 11.6 Å². The number of benzene rings is 1. The van der Waals surface area contributed by atoms with Crippen molar-refractivity contribution in [2.45, 2.75) is 19.8 Å². The summed E-state index contributed by atoms with van der Waals surface area (Å²) in [6.07, 6.45) is 3.00. The lowest BCUT2D eigenvalue weighted by molar-refractivity contribution is -0.107. The molecule has 3 heteroatoms. The van der Waals surface area contributed by atoms with Crippen molar-refractivity contribution < 1.29 is 9.18 Å². The smallest absolute Gasteiger partial charge is 0.245 e. The molecule has 0 saturated heterocycles. The van der Waals surface area contributed by atoms with Crippen LogP contribution in [0.5, 0.6) is 0 Å². The fraction of sp³-hybridized carbons (Fsp3) is 0.250. The van der Waals surface area contributed by atoms with Gasteiger partial charge in [0.25, 0.3) is 0 Å². The first-order valence-electron chi connectivity index (χ1n) is 4.77. The molecular weight excluding hydrogens is 215 g/mol. The summed E-state index contributed by atoms with van der Waals surface area (Å²) >= 11 is 5.29. The maximum Gasteiger partial charge on any atom is 0.245 e. The molecule has 0 aliphatic heterocycles. The van der Waals surface area contributed by atoms with E-state index in [2.05, 4.69) is 0 Å². The molecule has 78 valence electrons. The van der Waals surface area contributed by atoms with Crippen molar-refractivity contribution in [3.05, 3.63) is 40.7 Å². The van der Waals surface area contributed by atoms with Crippen LogP contribution in [0.1, 0.15) is 23.1 Å². The Morgan fingerprint density at radius 2 is 2.20 bits per heavy atom. The molecule has 0 aromatic heterocycles. The first-order valence-corrected chi connectivity index (χ1v) is 5.15. The highest BCUT2D eigenvalue weighted by atomic mass is 35.5. The molecule has 0 saturated carbocycles. The third kappa shape index (κ3) is 1.95. The van der Waals surface area contributed by atoms with E-state index in [0.29, 0.717) is 0 Å². The SMILES string of the molecule is Cc1cc(F)cc2c1CCC2=CC(=O)Cl. The van der Waals surface area contributed by atoms with Gasteiger partial charge in [0.2, 0.25) is 5.24 Å². The zero-order valence-electron chi connectivity index (χ0n) is 8.31. The minimum absolute atomic E-state index is 0.263. The third-order valence-electron chi connectivity index (χ3n) is 2.72. The van der Waals surface area contributed by atoms with Gasteiger partial charge < -0.3 is 0 Å². The van der Waals surface area contributed by atoms with Crippen LogP contribution < -0.4 is 0 Å². The van der Waals surface area contributed by atoms with Crippen LogP contribution in [0.25, 0.3) is 5.57 Å².